The van der Waals surface area contributed by atoms with Crippen molar-refractivity contribution in [3.05, 3.63) is 70.2 Å². The molecule has 2 rings (SSSR count). The van der Waals surface area contributed by atoms with Gasteiger partial charge >= 0.3 is 0 Å². The van der Waals surface area contributed by atoms with Gasteiger partial charge in [0.15, 0.2) is 6.29 Å². The second-order valence-corrected chi connectivity index (χ2v) is 3.72. The Labute approximate surface area is 105 Å². The molecule has 0 aliphatic rings. The summed E-state index contributed by atoms with van der Waals surface area (Å²) in [5.41, 5.74) is 0.353. The van der Waals surface area contributed by atoms with Crippen molar-refractivity contribution in [3.63, 3.8) is 0 Å². The van der Waals surface area contributed by atoms with Crippen LogP contribution in [0.15, 0.2) is 54.6 Å². The van der Waals surface area contributed by atoms with Crippen LogP contribution < -0.4 is 0 Å². The Balaban J connectivity index is 0.000000181. The minimum Gasteiger partial charge on any atom is -0.298 e. The molecule has 2 aromatic rings. The quantitative estimate of drug-likeness (QED) is 0.684. The number of rotatable bonds is 1. The van der Waals surface area contributed by atoms with E-state index in [0.29, 0.717) is 21.9 Å². The Bertz CT molecular complexity index is 394. The third kappa shape index (κ3) is 4.05. The van der Waals surface area contributed by atoms with Gasteiger partial charge < -0.3 is 0 Å². The maximum absolute atomic E-state index is 10.3. The van der Waals surface area contributed by atoms with Crippen LogP contribution in [0.4, 0.5) is 0 Å². The zero-order valence-electron chi connectivity index (χ0n) is 8.44. The molecule has 0 heterocycles. The summed E-state index contributed by atoms with van der Waals surface area (Å²) in [4.78, 5) is 10.3. The summed E-state index contributed by atoms with van der Waals surface area (Å²) in [6, 6.07) is 16.9. The van der Waals surface area contributed by atoms with E-state index in [2.05, 4.69) is 0 Å². The van der Waals surface area contributed by atoms with Crippen LogP contribution in [-0.4, -0.2) is 6.29 Å². The predicted molar refractivity (Wildman–Crippen MR) is 68.3 cm³/mol. The number of carbonyl (C=O) groups is 1. The Morgan fingerprint density at radius 2 is 1.12 bits per heavy atom. The second-order valence-electron chi connectivity index (χ2n) is 2.91. The van der Waals surface area contributed by atoms with E-state index in [1.807, 2.05) is 36.4 Å². The molecule has 3 heteroatoms. The highest BCUT2D eigenvalue weighted by molar-refractivity contribution is 6.38. The van der Waals surface area contributed by atoms with Crippen molar-refractivity contribution in [3.8, 4) is 0 Å². The summed E-state index contributed by atoms with van der Waals surface area (Å²) in [5.74, 6) is 0. The first-order chi connectivity index (χ1) is 7.75. The maximum atomic E-state index is 10.3. The van der Waals surface area contributed by atoms with Crippen LogP contribution in [0.2, 0.25) is 10.0 Å². The monoisotopic (exact) mass is 252 g/mol. The topological polar surface area (TPSA) is 17.1 Å². The summed E-state index contributed by atoms with van der Waals surface area (Å²) in [5, 5.41) is 0.782. The summed E-state index contributed by atoms with van der Waals surface area (Å²) < 4.78 is 0. The van der Waals surface area contributed by atoms with Crippen LogP contribution in [0, 0.1) is 0 Å². The second kappa shape index (κ2) is 7.04. The van der Waals surface area contributed by atoms with E-state index in [1.165, 1.54) is 0 Å². The molecule has 0 saturated heterocycles. The number of halogens is 2. The van der Waals surface area contributed by atoms with E-state index < -0.39 is 0 Å². The molecule has 0 spiro atoms. The number of carbonyl (C=O) groups excluding carboxylic acids is 1. The third-order valence-corrected chi connectivity index (χ3v) is 2.44. The molecular formula is C13H10Cl2O. The van der Waals surface area contributed by atoms with Crippen molar-refractivity contribution in [1.82, 2.24) is 0 Å². The minimum absolute atomic E-state index is 0.353. The fourth-order valence-corrected chi connectivity index (χ4v) is 1.49. The van der Waals surface area contributed by atoms with Gasteiger partial charge in [-0.05, 0) is 12.1 Å². The Hall–Kier alpha value is -1.31. The summed E-state index contributed by atoms with van der Waals surface area (Å²) in [7, 11) is 0. The molecule has 82 valence electrons. The number of benzene rings is 2. The van der Waals surface area contributed by atoms with Crippen molar-refractivity contribution in [1.29, 1.82) is 0 Å². The fourth-order valence-electron chi connectivity index (χ4n) is 1.01. The number of hydrogen-bond donors (Lipinski definition) is 0. The van der Waals surface area contributed by atoms with Gasteiger partial charge in [0.1, 0.15) is 0 Å². The molecule has 0 unspecified atom stereocenters. The normalized spacial score (nSPS) is 8.88. The van der Waals surface area contributed by atoms with E-state index >= 15 is 0 Å². The molecule has 0 saturated carbocycles. The first kappa shape index (κ1) is 12.8. The van der Waals surface area contributed by atoms with E-state index in [4.69, 9.17) is 23.2 Å². The zero-order chi connectivity index (χ0) is 11.8. The van der Waals surface area contributed by atoms with Gasteiger partial charge in [-0.2, -0.15) is 0 Å². The lowest BCUT2D eigenvalue weighted by molar-refractivity contribution is 0.112. The van der Waals surface area contributed by atoms with E-state index in [1.54, 1.807) is 18.2 Å². The van der Waals surface area contributed by atoms with E-state index in [0.717, 1.165) is 0 Å². The van der Waals surface area contributed by atoms with Gasteiger partial charge in [-0.1, -0.05) is 65.7 Å². The van der Waals surface area contributed by atoms with E-state index in [-0.39, 0.29) is 0 Å². The van der Waals surface area contributed by atoms with Crippen molar-refractivity contribution in [2.45, 2.75) is 0 Å². The van der Waals surface area contributed by atoms with Gasteiger partial charge in [-0.25, -0.2) is 0 Å². The molecule has 0 aromatic heterocycles. The van der Waals surface area contributed by atoms with Crippen LogP contribution in [0.25, 0.3) is 0 Å². The standard InChI is InChI=1S/C7H4Cl2O.C6H6/c8-6-2-1-3-7(9)5(6)4-10;1-2-4-6-5-3-1/h1-4H;1-6H. The first-order valence-corrected chi connectivity index (χ1v) is 5.40. The summed E-state index contributed by atoms with van der Waals surface area (Å²) in [6.45, 7) is 0. The van der Waals surface area contributed by atoms with Crippen LogP contribution in [0.1, 0.15) is 10.4 Å². The molecule has 1 nitrogen and oxygen atoms in total. The van der Waals surface area contributed by atoms with Crippen molar-refractivity contribution in [2.24, 2.45) is 0 Å². The maximum Gasteiger partial charge on any atom is 0.153 e. The van der Waals surface area contributed by atoms with Gasteiger partial charge in [0.2, 0.25) is 0 Å². The molecular weight excluding hydrogens is 243 g/mol. The lowest BCUT2D eigenvalue weighted by atomic mass is 10.2. The Morgan fingerprint density at radius 1 is 0.750 bits per heavy atom. The molecule has 0 bridgehead atoms. The molecule has 2 aromatic carbocycles. The zero-order valence-corrected chi connectivity index (χ0v) is 9.95. The van der Waals surface area contributed by atoms with Crippen molar-refractivity contribution in [2.75, 3.05) is 0 Å². The molecule has 0 fully saturated rings. The highest BCUT2D eigenvalue weighted by Crippen LogP contribution is 2.21. The average molecular weight is 253 g/mol. The molecule has 0 radical (unpaired) electrons. The van der Waals surface area contributed by atoms with Gasteiger partial charge in [-0.15, -0.1) is 0 Å². The lowest BCUT2D eigenvalue weighted by Crippen LogP contribution is -1.81. The molecule has 16 heavy (non-hydrogen) atoms. The molecule has 0 aliphatic carbocycles. The van der Waals surface area contributed by atoms with E-state index in [9.17, 15) is 4.79 Å². The minimum atomic E-state index is 0.353. The average Bonchev–Trinajstić information content (AvgIpc) is 2.32. The molecule has 0 amide bonds. The number of aldehydes is 1. The molecule has 0 aliphatic heterocycles. The van der Waals surface area contributed by atoms with Gasteiger partial charge in [0.25, 0.3) is 0 Å². The van der Waals surface area contributed by atoms with Crippen LogP contribution in [0.5, 0.6) is 0 Å². The largest absolute Gasteiger partial charge is 0.298 e. The van der Waals surface area contributed by atoms with Crippen LogP contribution in [0.3, 0.4) is 0 Å². The lowest BCUT2D eigenvalue weighted by Gasteiger charge is -1.95. The SMILES string of the molecule is O=Cc1c(Cl)cccc1Cl.c1ccccc1. The first-order valence-electron chi connectivity index (χ1n) is 4.65. The van der Waals surface area contributed by atoms with Crippen LogP contribution >= 0.6 is 23.2 Å². The van der Waals surface area contributed by atoms with Gasteiger partial charge in [0.05, 0.1) is 15.6 Å². The molecule has 0 N–H and O–H groups in total. The molecule has 0 atom stereocenters. The predicted octanol–water partition coefficient (Wildman–Crippen LogP) is 4.49. The Morgan fingerprint density at radius 3 is 1.38 bits per heavy atom. The van der Waals surface area contributed by atoms with Crippen molar-refractivity contribution >= 4 is 29.5 Å². The van der Waals surface area contributed by atoms with Gasteiger partial charge in [-0.3, -0.25) is 4.79 Å². The van der Waals surface area contributed by atoms with Gasteiger partial charge in [0, 0.05) is 0 Å². The van der Waals surface area contributed by atoms with Crippen molar-refractivity contribution < 1.29 is 4.79 Å². The highest BCUT2D eigenvalue weighted by Gasteiger charge is 2.01. The van der Waals surface area contributed by atoms with Crippen LogP contribution in [-0.2, 0) is 0 Å². The number of hydrogen-bond acceptors (Lipinski definition) is 1. The highest BCUT2D eigenvalue weighted by atomic mass is 35.5. The fraction of sp³-hybridized carbons (Fsp3) is 0. The summed E-state index contributed by atoms with van der Waals surface area (Å²) in [6.07, 6.45) is 0.644. The summed E-state index contributed by atoms with van der Waals surface area (Å²) >= 11 is 11.2. The third-order valence-electron chi connectivity index (χ3n) is 1.78. The smallest absolute Gasteiger partial charge is 0.153 e. The Kier molecular flexibility index (Phi) is 5.62.